The van der Waals surface area contributed by atoms with Crippen molar-refractivity contribution in [2.45, 2.75) is 13.0 Å². The minimum absolute atomic E-state index is 0.0757. The van der Waals surface area contributed by atoms with Gasteiger partial charge in [0.05, 0.1) is 12.1 Å². The molecule has 29 heavy (non-hydrogen) atoms. The summed E-state index contributed by atoms with van der Waals surface area (Å²) in [5.41, 5.74) is 0.568. The molecule has 0 N–H and O–H groups in total. The summed E-state index contributed by atoms with van der Waals surface area (Å²) in [5.74, 6) is 0.818. The molecule has 8 heteroatoms. The fraction of sp³-hybridized carbons (Fsp3) is 0.333. The zero-order chi connectivity index (χ0) is 21.0. The molecule has 0 radical (unpaired) electrons. The molecule has 1 atom stereocenters. The first-order chi connectivity index (χ1) is 13.9. The van der Waals surface area contributed by atoms with Crippen LogP contribution >= 0.6 is 23.2 Å². The number of ether oxygens (including phenoxy) is 2. The van der Waals surface area contributed by atoms with E-state index in [1.165, 1.54) is 0 Å². The predicted octanol–water partition coefficient (Wildman–Crippen LogP) is 3.75. The minimum Gasteiger partial charge on any atom is -0.497 e. The molecule has 2 aromatic rings. The minimum atomic E-state index is -0.700. The largest absolute Gasteiger partial charge is 0.497 e. The predicted molar refractivity (Wildman–Crippen MR) is 112 cm³/mol. The Bertz CT molecular complexity index is 898. The zero-order valence-electron chi connectivity index (χ0n) is 16.2. The molecule has 1 unspecified atom stereocenters. The number of methoxy groups -OCH3 is 1. The first-order valence-corrected chi connectivity index (χ1v) is 9.98. The summed E-state index contributed by atoms with van der Waals surface area (Å²) in [6.07, 6.45) is -0.700. The number of carbonyl (C=O) groups is 2. The molecule has 6 nitrogen and oxygen atoms in total. The van der Waals surface area contributed by atoms with Crippen LogP contribution in [0.25, 0.3) is 0 Å². The highest BCUT2D eigenvalue weighted by Crippen LogP contribution is 2.28. The van der Waals surface area contributed by atoms with Crippen LogP contribution in [-0.2, 0) is 4.79 Å². The van der Waals surface area contributed by atoms with Crippen molar-refractivity contribution >= 4 is 35.0 Å². The second-order valence-corrected chi connectivity index (χ2v) is 7.53. The molecule has 1 heterocycles. The molecule has 0 spiro atoms. The van der Waals surface area contributed by atoms with E-state index < -0.39 is 6.10 Å². The van der Waals surface area contributed by atoms with Crippen molar-refractivity contribution in [2.75, 3.05) is 33.3 Å². The Balaban J connectivity index is 1.56. The smallest absolute Gasteiger partial charge is 0.263 e. The van der Waals surface area contributed by atoms with Crippen LogP contribution < -0.4 is 9.47 Å². The van der Waals surface area contributed by atoms with Gasteiger partial charge in [-0.05, 0) is 43.3 Å². The Morgan fingerprint density at radius 3 is 2.34 bits per heavy atom. The molecule has 0 aromatic heterocycles. The third-order valence-corrected chi connectivity index (χ3v) is 5.27. The lowest BCUT2D eigenvalue weighted by Gasteiger charge is -2.36. The summed E-state index contributed by atoms with van der Waals surface area (Å²) < 4.78 is 10.9. The number of benzene rings is 2. The van der Waals surface area contributed by atoms with Crippen molar-refractivity contribution in [3.05, 3.63) is 58.1 Å². The molecule has 1 saturated heterocycles. The van der Waals surface area contributed by atoms with Crippen molar-refractivity contribution < 1.29 is 19.1 Å². The van der Waals surface area contributed by atoms with Crippen LogP contribution in [0.1, 0.15) is 17.3 Å². The maximum absolute atomic E-state index is 12.7. The monoisotopic (exact) mass is 436 g/mol. The summed E-state index contributed by atoms with van der Waals surface area (Å²) in [7, 11) is 1.56. The first kappa shape index (κ1) is 21.3. The molecular weight excluding hydrogens is 415 g/mol. The molecule has 2 aromatic carbocycles. The van der Waals surface area contributed by atoms with Crippen LogP contribution in [-0.4, -0.2) is 61.0 Å². The number of halogens is 2. The van der Waals surface area contributed by atoms with E-state index in [2.05, 4.69) is 0 Å². The number of piperazine rings is 1. The van der Waals surface area contributed by atoms with Crippen molar-refractivity contribution in [2.24, 2.45) is 0 Å². The van der Waals surface area contributed by atoms with Gasteiger partial charge in [0.15, 0.2) is 6.10 Å². The van der Waals surface area contributed by atoms with E-state index in [0.717, 1.165) is 0 Å². The Morgan fingerprint density at radius 2 is 1.69 bits per heavy atom. The Morgan fingerprint density at radius 1 is 1.00 bits per heavy atom. The summed E-state index contributed by atoms with van der Waals surface area (Å²) in [5, 5.41) is 0.851. The number of rotatable bonds is 5. The molecule has 0 saturated carbocycles. The topological polar surface area (TPSA) is 59.1 Å². The van der Waals surface area contributed by atoms with Gasteiger partial charge in [0, 0.05) is 36.8 Å². The number of hydrogen-bond donors (Lipinski definition) is 0. The molecule has 2 amide bonds. The van der Waals surface area contributed by atoms with E-state index >= 15 is 0 Å². The van der Waals surface area contributed by atoms with Crippen LogP contribution in [0.15, 0.2) is 42.5 Å². The second kappa shape index (κ2) is 9.37. The second-order valence-electron chi connectivity index (χ2n) is 6.68. The number of hydrogen-bond acceptors (Lipinski definition) is 4. The molecule has 1 fully saturated rings. The average Bonchev–Trinajstić information content (AvgIpc) is 2.74. The highest BCUT2D eigenvalue weighted by molar-refractivity contribution is 6.35. The van der Waals surface area contributed by atoms with Gasteiger partial charge in [0.1, 0.15) is 11.5 Å². The lowest BCUT2D eigenvalue weighted by Crippen LogP contribution is -2.53. The van der Waals surface area contributed by atoms with Gasteiger partial charge in [-0.1, -0.05) is 29.3 Å². The Hall–Kier alpha value is -2.44. The van der Waals surface area contributed by atoms with E-state index in [1.54, 1.807) is 66.3 Å². The third kappa shape index (κ3) is 5.14. The van der Waals surface area contributed by atoms with Gasteiger partial charge in [-0.25, -0.2) is 0 Å². The number of carbonyl (C=O) groups excluding carboxylic acids is 2. The van der Waals surface area contributed by atoms with E-state index in [1.807, 2.05) is 0 Å². The van der Waals surface area contributed by atoms with Gasteiger partial charge < -0.3 is 19.3 Å². The standard InChI is InChI=1S/C21H22Cl2N2O4/c1-14(29-19-7-6-16(22)13-18(19)23)20(26)24-8-10-25(11-9-24)21(27)15-4-3-5-17(12-15)28-2/h3-7,12-14H,8-11H2,1-2H3. The van der Waals surface area contributed by atoms with Gasteiger partial charge in [0.2, 0.25) is 0 Å². The van der Waals surface area contributed by atoms with Gasteiger partial charge in [-0.2, -0.15) is 0 Å². The lowest BCUT2D eigenvalue weighted by molar-refractivity contribution is -0.139. The van der Waals surface area contributed by atoms with E-state index in [9.17, 15) is 9.59 Å². The number of nitrogens with zero attached hydrogens (tertiary/aromatic N) is 2. The molecule has 1 aliphatic heterocycles. The van der Waals surface area contributed by atoms with Gasteiger partial charge in [0.25, 0.3) is 11.8 Å². The van der Waals surface area contributed by atoms with Crippen molar-refractivity contribution in [1.82, 2.24) is 9.80 Å². The van der Waals surface area contributed by atoms with Crippen LogP contribution in [0.3, 0.4) is 0 Å². The molecular formula is C21H22Cl2N2O4. The fourth-order valence-electron chi connectivity index (χ4n) is 3.14. The normalized spacial score (nSPS) is 15.0. The van der Waals surface area contributed by atoms with Gasteiger partial charge in [-0.3, -0.25) is 9.59 Å². The lowest BCUT2D eigenvalue weighted by atomic mass is 10.1. The molecule has 0 bridgehead atoms. The third-order valence-electron chi connectivity index (χ3n) is 4.74. The summed E-state index contributed by atoms with van der Waals surface area (Å²) in [6, 6.07) is 11.9. The van der Waals surface area contributed by atoms with Crippen LogP contribution in [0.4, 0.5) is 0 Å². The van der Waals surface area contributed by atoms with Gasteiger partial charge in [-0.15, -0.1) is 0 Å². The molecule has 3 rings (SSSR count). The van der Waals surface area contributed by atoms with Gasteiger partial charge >= 0.3 is 0 Å². The Labute approximate surface area is 179 Å². The fourth-order valence-corrected chi connectivity index (χ4v) is 3.59. The summed E-state index contributed by atoms with van der Waals surface area (Å²) >= 11 is 12.0. The molecule has 0 aliphatic carbocycles. The van der Waals surface area contributed by atoms with Crippen LogP contribution in [0.2, 0.25) is 10.0 Å². The summed E-state index contributed by atoms with van der Waals surface area (Å²) in [6.45, 7) is 3.47. The van der Waals surface area contributed by atoms with Crippen LogP contribution in [0, 0.1) is 0 Å². The Kier molecular flexibility index (Phi) is 6.87. The highest BCUT2D eigenvalue weighted by Gasteiger charge is 2.28. The maximum Gasteiger partial charge on any atom is 0.263 e. The van der Waals surface area contributed by atoms with Crippen molar-refractivity contribution in [1.29, 1.82) is 0 Å². The van der Waals surface area contributed by atoms with E-state index in [4.69, 9.17) is 32.7 Å². The molecule has 154 valence electrons. The zero-order valence-corrected chi connectivity index (χ0v) is 17.7. The maximum atomic E-state index is 12.7. The van der Waals surface area contributed by atoms with E-state index in [-0.39, 0.29) is 11.8 Å². The van der Waals surface area contributed by atoms with Crippen molar-refractivity contribution in [3.63, 3.8) is 0 Å². The van der Waals surface area contributed by atoms with Crippen molar-refractivity contribution in [3.8, 4) is 11.5 Å². The average molecular weight is 437 g/mol. The quantitative estimate of drug-likeness (QED) is 0.715. The number of amides is 2. The van der Waals surface area contributed by atoms with Crippen LogP contribution in [0.5, 0.6) is 11.5 Å². The first-order valence-electron chi connectivity index (χ1n) is 9.23. The molecule has 1 aliphatic rings. The summed E-state index contributed by atoms with van der Waals surface area (Å²) in [4.78, 5) is 28.9. The highest BCUT2D eigenvalue weighted by atomic mass is 35.5. The van der Waals surface area contributed by atoms with E-state index in [0.29, 0.717) is 53.3 Å². The SMILES string of the molecule is COc1cccc(C(=O)N2CCN(C(=O)C(C)Oc3ccc(Cl)cc3Cl)CC2)c1.